The predicted molar refractivity (Wildman–Crippen MR) is 140 cm³/mol. The van der Waals surface area contributed by atoms with E-state index in [1.165, 1.54) is 63.8 Å². The molecule has 0 unspecified atom stereocenters. The molecule has 4 aromatic rings. The lowest BCUT2D eigenvalue weighted by atomic mass is 9.68. The number of rotatable bonds is 6. The maximum Gasteiger partial charge on any atom is 0.0212 e. The maximum absolute atomic E-state index is 2.38. The fourth-order valence-corrected chi connectivity index (χ4v) is 7.18. The van der Waals surface area contributed by atoms with Crippen molar-refractivity contribution in [2.45, 2.75) is 56.8 Å². The third-order valence-corrected chi connectivity index (χ3v) is 8.77. The predicted octanol–water partition coefficient (Wildman–Crippen LogP) is 8.91. The van der Waals surface area contributed by atoms with Crippen molar-refractivity contribution in [3.63, 3.8) is 0 Å². The highest BCUT2D eigenvalue weighted by Gasteiger charge is 2.44. The van der Waals surface area contributed by atoms with Crippen molar-refractivity contribution < 1.29 is 0 Å². The Labute approximate surface area is 198 Å². The molecule has 2 aliphatic carbocycles. The second-order valence-corrected chi connectivity index (χ2v) is 9.91. The van der Waals surface area contributed by atoms with Gasteiger partial charge in [-0.05, 0) is 70.2 Å². The molecular weight excluding hydrogens is 396 g/mol. The first-order valence-corrected chi connectivity index (χ1v) is 12.6. The van der Waals surface area contributed by atoms with Crippen molar-refractivity contribution in [2.75, 3.05) is 0 Å². The van der Waals surface area contributed by atoms with Crippen LogP contribution < -0.4 is 0 Å². The Morgan fingerprint density at radius 1 is 0.424 bits per heavy atom. The van der Waals surface area contributed by atoms with Crippen LogP contribution in [0.5, 0.6) is 0 Å². The van der Waals surface area contributed by atoms with E-state index < -0.39 is 0 Å². The normalized spacial score (nSPS) is 16.1. The Morgan fingerprint density at radius 2 is 0.697 bits per heavy atom. The second-order valence-electron chi connectivity index (χ2n) is 9.91. The first kappa shape index (κ1) is 20.5. The Hall–Kier alpha value is -3.12. The second kappa shape index (κ2) is 7.73. The van der Waals surface area contributed by atoms with E-state index in [0.29, 0.717) is 0 Å². The number of fused-ring (bicyclic) bond motifs is 6. The van der Waals surface area contributed by atoms with E-state index in [0.717, 1.165) is 12.8 Å². The summed E-state index contributed by atoms with van der Waals surface area (Å²) < 4.78 is 0. The van der Waals surface area contributed by atoms with Crippen molar-refractivity contribution in [2.24, 2.45) is 0 Å². The van der Waals surface area contributed by atoms with Gasteiger partial charge < -0.3 is 0 Å². The zero-order valence-electron chi connectivity index (χ0n) is 19.8. The Kier molecular flexibility index (Phi) is 4.80. The Balaban J connectivity index is 1.39. The molecule has 0 heteroatoms. The van der Waals surface area contributed by atoms with Gasteiger partial charge in [-0.3, -0.25) is 0 Å². The summed E-state index contributed by atoms with van der Waals surface area (Å²) in [6.07, 6.45) is 5.90. The van der Waals surface area contributed by atoms with Gasteiger partial charge in [0.25, 0.3) is 0 Å². The van der Waals surface area contributed by atoms with Crippen LogP contribution in [0.3, 0.4) is 0 Å². The zero-order valence-corrected chi connectivity index (χ0v) is 19.8. The van der Waals surface area contributed by atoms with Gasteiger partial charge in [-0.15, -0.1) is 0 Å². The van der Waals surface area contributed by atoms with Crippen LogP contribution in [0.2, 0.25) is 0 Å². The van der Waals surface area contributed by atoms with E-state index in [1.54, 1.807) is 0 Å². The highest BCUT2D eigenvalue weighted by Crippen LogP contribution is 2.56. The fraction of sp³-hybridized carbons (Fsp3) is 0.273. The van der Waals surface area contributed by atoms with Crippen LogP contribution >= 0.6 is 0 Å². The van der Waals surface area contributed by atoms with Gasteiger partial charge >= 0.3 is 0 Å². The van der Waals surface area contributed by atoms with Gasteiger partial charge in [0.2, 0.25) is 0 Å². The summed E-state index contributed by atoms with van der Waals surface area (Å²) in [5, 5.41) is 0. The minimum atomic E-state index is 0.125. The number of hydrogen-bond donors (Lipinski definition) is 0. The monoisotopic (exact) mass is 428 g/mol. The smallest absolute Gasteiger partial charge is 0.0212 e. The van der Waals surface area contributed by atoms with Crippen LogP contribution in [0.1, 0.15) is 68.2 Å². The van der Waals surface area contributed by atoms with E-state index in [9.17, 15) is 0 Å². The Morgan fingerprint density at radius 3 is 0.970 bits per heavy atom. The summed E-state index contributed by atoms with van der Waals surface area (Å²) in [6.45, 7) is 4.77. The van der Waals surface area contributed by atoms with Crippen LogP contribution in [-0.2, 0) is 10.8 Å². The molecule has 0 aliphatic heterocycles. The Bertz CT molecular complexity index is 1130. The van der Waals surface area contributed by atoms with Crippen molar-refractivity contribution in [3.05, 3.63) is 119 Å². The lowest BCUT2D eigenvalue weighted by molar-refractivity contribution is 0.385. The van der Waals surface area contributed by atoms with Gasteiger partial charge in [0, 0.05) is 10.8 Å². The molecule has 164 valence electrons. The molecule has 0 heterocycles. The van der Waals surface area contributed by atoms with E-state index in [1.807, 2.05) is 0 Å². The highest BCUT2D eigenvalue weighted by molar-refractivity contribution is 5.82. The van der Waals surface area contributed by atoms with Gasteiger partial charge in [0.1, 0.15) is 0 Å². The first-order chi connectivity index (χ1) is 16.2. The zero-order chi connectivity index (χ0) is 22.5. The number of hydrogen-bond acceptors (Lipinski definition) is 0. The molecule has 0 amide bonds. The molecule has 0 atom stereocenters. The third-order valence-electron chi connectivity index (χ3n) is 8.77. The molecule has 0 saturated carbocycles. The highest BCUT2D eigenvalue weighted by atomic mass is 14.5. The number of benzene rings is 4. The molecule has 0 nitrogen and oxygen atoms in total. The lowest BCUT2D eigenvalue weighted by Crippen LogP contribution is -2.28. The molecule has 0 spiro atoms. The van der Waals surface area contributed by atoms with E-state index in [2.05, 4.69) is 111 Å². The van der Waals surface area contributed by atoms with E-state index in [4.69, 9.17) is 0 Å². The SMILES string of the molecule is CCC1(CCCC2(CC)c3ccccc3-c3ccccc32)c2ccccc2-c2ccccc21. The first-order valence-electron chi connectivity index (χ1n) is 12.6. The van der Waals surface area contributed by atoms with Crippen molar-refractivity contribution in [1.82, 2.24) is 0 Å². The molecule has 0 fully saturated rings. The van der Waals surface area contributed by atoms with Gasteiger partial charge in [0.15, 0.2) is 0 Å². The van der Waals surface area contributed by atoms with Gasteiger partial charge in [-0.2, -0.15) is 0 Å². The van der Waals surface area contributed by atoms with Crippen molar-refractivity contribution in [1.29, 1.82) is 0 Å². The molecular formula is C33H32. The summed E-state index contributed by atoms with van der Waals surface area (Å²) in [7, 11) is 0. The average molecular weight is 429 g/mol. The largest absolute Gasteiger partial charge is 0.0642 e. The van der Waals surface area contributed by atoms with E-state index >= 15 is 0 Å². The van der Waals surface area contributed by atoms with Crippen molar-refractivity contribution in [3.8, 4) is 22.3 Å². The molecule has 0 N–H and O–H groups in total. The minimum absolute atomic E-state index is 0.125. The molecule has 0 bridgehead atoms. The third kappa shape index (κ3) is 2.76. The summed E-state index contributed by atoms with van der Waals surface area (Å²) in [4.78, 5) is 0. The van der Waals surface area contributed by atoms with Crippen LogP contribution in [0.4, 0.5) is 0 Å². The summed E-state index contributed by atoms with van der Waals surface area (Å²) in [6, 6.07) is 36.5. The van der Waals surface area contributed by atoms with Gasteiger partial charge in [-0.1, -0.05) is 117 Å². The summed E-state index contributed by atoms with van der Waals surface area (Å²) >= 11 is 0. The maximum atomic E-state index is 2.38. The van der Waals surface area contributed by atoms with Gasteiger partial charge in [-0.25, -0.2) is 0 Å². The molecule has 2 aliphatic rings. The molecule has 0 radical (unpaired) electrons. The topological polar surface area (TPSA) is 0 Å². The standard InChI is InChI=1S/C33H32/c1-3-32(28-18-9-5-14-24(28)25-15-6-10-19-29(25)32)22-13-23-33(4-2)30-20-11-7-16-26(30)27-17-8-12-21-31(27)33/h5-12,14-21H,3-4,13,22-23H2,1-2H3. The minimum Gasteiger partial charge on any atom is -0.0642 e. The van der Waals surface area contributed by atoms with Gasteiger partial charge in [0.05, 0.1) is 0 Å². The van der Waals surface area contributed by atoms with Crippen molar-refractivity contribution >= 4 is 0 Å². The molecule has 0 saturated heterocycles. The molecule has 4 aromatic carbocycles. The lowest BCUT2D eigenvalue weighted by Gasteiger charge is -2.35. The molecule has 6 rings (SSSR count). The summed E-state index contributed by atoms with van der Waals surface area (Å²) in [5.41, 5.74) is 12.2. The average Bonchev–Trinajstić information content (AvgIpc) is 3.33. The van der Waals surface area contributed by atoms with Crippen LogP contribution in [-0.4, -0.2) is 0 Å². The summed E-state index contributed by atoms with van der Waals surface area (Å²) in [5.74, 6) is 0. The molecule has 0 aromatic heterocycles. The van der Waals surface area contributed by atoms with Crippen LogP contribution in [0, 0.1) is 0 Å². The molecule has 33 heavy (non-hydrogen) atoms. The quantitative estimate of drug-likeness (QED) is 0.287. The van der Waals surface area contributed by atoms with Crippen LogP contribution in [0.25, 0.3) is 22.3 Å². The fourth-order valence-electron chi connectivity index (χ4n) is 7.18. The van der Waals surface area contributed by atoms with Crippen LogP contribution in [0.15, 0.2) is 97.1 Å². The van der Waals surface area contributed by atoms with E-state index in [-0.39, 0.29) is 10.8 Å².